The number of halogens is 1. The molecule has 2 aromatic carbocycles. The Bertz CT molecular complexity index is 674. The van der Waals surface area contributed by atoms with Crippen molar-refractivity contribution in [1.82, 2.24) is 10.6 Å². The zero-order valence-corrected chi connectivity index (χ0v) is 13.3. The van der Waals surface area contributed by atoms with Gasteiger partial charge in [-0.3, -0.25) is 0 Å². The highest BCUT2D eigenvalue weighted by Crippen LogP contribution is 2.07. The van der Waals surface area contributed by atoms with Crippen molar-refractivity contribution in [3.63, 3.8) is 0 Å². The molecular formula is C18H19FN2O3. The number of hydrogen-bond donors (Lipinski definition) is 2. The first-order chi connectivity index (χ1) is 11.6. The summed E-state index contributed by atoms with van der Waals surface area (Å²) in [7, 11) is 1.25. The van der Waals surface area contributed by atoms with Crippen LogP contribution in [0.4, 0.5) is 9.18 Å². The molecule has 6 heteroatoms. The smallest absolute Gasteiger partial charge is 0.328 e. The highest BCUT2D eigenvalue weighted by atomic mass is 19.1. The van der Waals surface area contributed by atoms with Crippen LogP contribution in [-0.2, 0) is 22.5 Å². The van der Waals surface area contributed by atoms with E-state index in [1.165, 1.54) is 19.2 Å². The molecule has 24 heavy (non-hydrogen) atoms. The molecule has 2 rings (SSSR count). The molecule has 0 aromatic heterocycles. The summed E-state index contributed by atoms with van der Waals surface area (Å²) >= 11 is 0. The van der Waals surface area contributed by atoms with Crippen LogP contribution in [0.5, 0.6) is 0 Å². The number of hydrogen-bond acceptors (Lipinski definition) is 3. The minimum absolute atomic E-state index is 0.214. The summed E-state index contributed by atoms with van der Waals surface area (Å²) in [4.78, 5) is 23.9. The van der Waals surface area contributed by atoms with E-state index in [4.69, 9.17) is 4.74 Å². The maximum atomic E-state index is 12.9. The van der Waals surface area contributed by atoms with Gasteiger partial charge in [0.15, 0.2) is 0 Å². The summed E-state index contributed by atoms with van der Waals surface area (Å²) in [6, 6.07) is 13.8. The van der Waals surface area contributed by atoms with Gasteiger partial charge in [-0.2, -0.15) is 0 Å². The topological polar surface area (TPSA) is 67.4 Å². The maximum absolute atomic E-state index is 12.9. The lowest BCUT2D eigenvalue weighted by atomic mass is 10.1. The van der Waals surface area contributed by atoms with Gasteiger partial charge in [-0.25, -0.2) is 14.0 Å². The van der Waals surface area contributed by atoms with Crippen LogP contribution in [-0.4, -0.2) is 25.2 Å². The molecule has 0 heterocycles. The summed E-state index contributed by atoms with van der Waals surface area (Å²) in [5.41, 5.74) is 1.66. The van der Waals surface area contributed by atoms with Gasteiger partial charge < -0.3 is 15.4 Å². The molecule has 0 aliphatic rings. The molecular weight excluding hydrogens is 311 g/mol. The largest absolute Gasteiger partial charge is 0.467 e. The highest BCUT2D eigenvalue weighted by molar-refractivity contribution is 5.83. The molecule has 1 atom stereocenters. The fourth-order valence-electron chi connectivity index (χ4n) is 2.18. The Hall–Kier alpha value is -2.89. The monoisotopic (exact) mass is 330 g/mol. The van der Waals surface area contributed by atoms with Crippen molar-refractivity contribution < 1.29 is 18.7 Å². The number of amides is 2. The summed E-state index contributed by atoms with van der Waals surface area (Å²) in [5, 5.41) is 5.27. The van der Waals surface area contributed by atoms with Crippen LogP contribution in [0.3, 0.4) is 0 Å². The molecule has 0 spiro atoms. The number of carbonyl (C=O) groups excluding carboxylic acids is 2. The molecule has 5 nitrogen and oxygen atoms in total. The number of nitrogens with one attached hydrogen (secondary N) is 2. The Kier molecular flexibility index (Phi) is 6.31. The van der Waals surface area contributed by atoms with Gasteiger partial charge in [0, 0.05) is 13.0 Å². The standard InChI is InChI=1S/C18H19FN2O3/c1-24-17(22)16(11-13-7-9-15(19)10-8-13)21-18(23)20-12-14-5-3-2-4-6-14/h2-10,16H,11-12H2,1H3,(H2,20,21,23). The van der Waals surface area contributed by atoms with E-state index in [1.54, 1.807) is 12.1 Å². The lowest BCUT2D eigenvalue weighted by molar-refractivity contribution is -0.142. The average Bonchev–Trinajstić information content (AvgIpc) is 2.61. The van der Waals surface area contributed by atoms with Gasteiger partial charge >= 0.3 is 12.0 Å². The Labute approximate surface area is 139 Å². The quantitative estimate of drug-likeness (QED) is 0.799. The SMILES string of the molecule is COC(=O)C(Cc1ccc(F)cc1)NC(=O)NCc1ccccc1. The molecule has 0 aliphatic carbocycles. The molecule has 0 fully saturated rings. The van der Waals surface area contributed by atoms with Crippen LogP contribution in [0.15, 0.2) is 54.6 Å². The van der Waals surface area contributed by atoms with Crippen LogP contribution >= 0.6 is 0 Å². The number of rotatable bonds is 6. The Morgan fingerprint density at radius 3 is 2.33 bits per heavy atom. The Morgan fingerprint density at radius 1 is 1.04 bits per heavy atom. The summed E-state index contributed by atoms with van der Waals surface area (Å²) in [6.07, 6.45) is 0.214. The number of methoxy groups -OCH3 is 1. The van der Waals surface area contributed by atoms with Crippen LogP contribution in [0.25, 0.3) is 0 Å². The molecule has 2 N–H and O–H groups in total. The Balaban J connectivity index is 1.93. The van der Waals surface area contributed by atoms with Crippen molar-refractivity contribution in [3.8, 4) is 0 Å². The summed E-state index contributed by atoms with van der Waals surface area (Å²) in [5.74, 6) is -0.920. The van der Waals surface area contributed by atoms with Crippen molar-refractivity contribution in [1.29, 1.82) is 0 Å². The second-order valence-corrected chi connectivity index (χ2v) is 5.22. The maximum Gasteiger partial charge on any atom is 0.328 e. The third kappa shape index (κ3) is 5.39. The molecule has 2 aromatic rings. The minimum atomic E-state index is -0.851. The molecule has 126 valence electrons. The van der Waals surface area contributed by atoms with Crippen LogP contribution in [0, 0.1) is 5.82 Å². The molecule has 0 saturated heterocycles. The van der Waals surface area contributed by atoms with E-state index < -0.39 is 18.0 Å². The summed E-state index contributed by atoms with van der Waals surface area (Å²) < 4.78 is 17.7. The lowest BCUT2D eigenvalue weighted by Crippen LogP contribution is -2.47. The molecule has 0 bridgehead atoms. The first-order valence-corrected chi connectivity index (χ1v) is 7.49. The van der Waals surface area contributed by atoms with Crippen molar-refractivity contribution in [2.45, 2.75) is 19.0 Å². The first-order valence-electron chi connectivity index (χ1n) is 7.49. The van der Waals surface area contributed by atoms with Crippen molar-refractivity contribution in [2.75, 3.05) is 7.11 Å². The van der Waals surface area contributed by atoms with Gasteiger partial charge in [-0.15, -0.1) is 0 Å². The predicted molar refractivity (Wildman–Crippen MR) is 87.7 cm³/mol. The van der Waals surface area contributed by atoms with E-state index in [0.717, 1.165) is 11.1 Å². The first kappa shape index (κ1) is 17.5. The van der Waals surface area contributed by atoms with E-state index in [2.05, 4.69) is 10.6 Å². The van der Waals surface area contributed by atoms with E-state index in [1.807, 2.05) is 30.3 Å². The van der Waals surface area contributed by atoms with E-state index >= 15 is 0 Å². The highest BCUT2D eigenvalue weighted by Gasteiger charge is 2.21. The average molecular weight is 330 g/mol. The molecule has 2 amide bonds. The van der Waals surface area contributed by atoms with Crippen LogP contribution < -0.4 is 10.6 Å². The fourth-order valence-corrected chi connectivity index (χ4v) is 2.18. The third-order valence-electron chi connectivity index (χ3n) is 3.44. The third-order valence-corrected chi connectivity index (χ3v) is 3.44. The van der Waals surface area contributed by atoms with Gasteiger partial charge in [0.05, 0.1) is 7.11 Å². The van der Waals surface area contributed by atoms with Gasteiger partial charge in [0.25, 0.3) is 0 Å². The number of ether oxygens (including phenoxy) is 1. The molecule has 0 radical (unpaired) electrons. The van der Waals surface area contributed by atoms with Gasteiger partial charge in [-0.05, 0) is 23.3 Å². The zero-order chi connectivity index (χ0) is 17.4. The predicted octanol–water partition coefficient (Wildman–Crippen LogP) is 2.41. The minimum Gasteiger partial charge on any atom is -0.467 e. The number of esters is 1. The second-order valence-electron chi connectivity index (χ2n) is 5.22. The normalized spacial score (nSPS) is 11.4. The second kappa shape index (κ2) is 8.67. The number of urea groups is 1. The van der Waals surface area contributed by atoms with Gasteiger partial charge in [0.2, 0.25) is 0 Å². The van der Waals surface area contributed by atoms with E-state index in [9.17, 15) is 14.0 Å². The van der Waals surface area contributed by atoms with Crippen molar-refractivity contribution in [3.05, 3.63) is 71.5 Å². The van der Waals surface area contributed by atoms with Crippen molar-refractivity contribution in [2.24, 2.45) is 0 Å². The van der Waals surface area contributed by atoms with Crippen LogP contribution in [0.2, 0.25) is 0 Å². The lowest BCUT2D eigenvalue weighted by Gasteiger charge is -2.17. The van der Waals surface area contributed by atoms with E-state index in [0.29, 0.717) is 6.54 Å². The molecule has 0 aliphatic heterocycles. The summed E-state index contributed by atoms with van der Waals surface area (Å²) in [6.45, 7) is 0.344. The Morgan fingerprint density at radius 2 is 1.71 bits per heavy atom. The molecule has 1 unspecified atom stereocenters. The molecule has 0 saturated carbocycles. The fraction of sp³-hybridized carbons (Fsp3) is 0.222. The van der Waals surface area contributed by atoms with Gasteiger partial charge in [0.1, 0.15) is 11.9 Å². The van der Waals surface area contributed by atoms with Crippen LogP contribution in [0.1, 0.15) is 11.1 Å². The zero-order valence-electron chi connectivity index (χ0n) is 13.3. The van der Waals surface area contributed by atoms with E-state index in [-0.39, 0.29) is 12.2 Å². The van der Waals surface area contributed by atoms with Gasteiger partial charge in [-0.1, -0.05) is 42.5 Å². The number of benzene rings is 2. The number of carbonyl (C=O) groups is 2. The van der Waals surface area contributed by atoms with Crippen molar-refractivity contribution >= 4 is 12.0 Å².